The number of piperidine rings is 1. The molecule has 2 heterocycles. The van der Waals surface area contributed by atoms with Crippen LogP contribution in [0, 0.1) is 5.92 Å². The molecule has 2 N–H and O–H groups in total. The summed E-state index contributed by atoms with van der Waals surface area (Å²) in [5, 5.41) is 0. The van der Waals surface area contributed by atoms with Crippen molar-refractivity contribution in [2.45, 2.75) is 65.0 Å². The van der Waals surface area contributed by atoms with Gasteiger partial charge in [0.05, 0.1) is 6.04 Å². The largest absolute Gasteiger partial charge is 0.329 e. The van der Waals surface area contributed by atoms with Gasteiger partial charge in [0.2, 0.25) is 0 Å². The Morgan fingerprint density at radius 2 is 2.00 bits per heavy atom. The predicted molar refractivity (Wildman–Crippen MR) is 89.4 cm³/mol. The van der Waals surface area contributed by atoms with Crippen LogP contribution in [0.25, 0.3) is 0 Å². The van der Waals surface area contributed by atoms with Gasteiger partial charge in [-0.3, -0.25) is 4.90 Å². The Labute approximate surface area is 128 Å². The minimum Gasteiger partial charge on any atom is -0.329 e. The number of nitrogens with two attached hydrogens (primary N) is 1. The van der Waals surface area contributed by atoms with Gasteiger partial charge in [0, 0.05) is 28.9 Å². The Hall–Kier alpha value is -0.380. The molecule has 1 fully saturated rings. The molecule has 1 aliphatic heterocycles. The summed E-state index contributed by atoms with van der Waals surface area (Å²) in [5.74, 6) is 0.794. The van der Waals surface area contributed by atoms with Gasteiger partial charge >= 0.3 is 0 Å². The SMILES string of the molecule is CC1CCC(C)N(C(CN)c2ccc(C(C)(C)C)s2)C1. The van der Waals surface area contributed by atoms with Crippen LogP contribution in [0.5, 0.6) is 0 Å². The summed E-state index contributed by atoms with van der Waals surface area (Å²) >= 11 is 1.95. The van der Waals surface area contributed by atoms with Gasteiger partial charge in [-0.1, -0.05) is 27.7 Å². The van der Waals surface area contributed by atoms with Crippen molar-refractivity contribution >= 4 is 11.3 Å². The van der Waals surface area contributed by atoms with E-state index in [1.54, 1.807) is 0 Å². The van der Waals surface area contributed by atoms with Crippen LogP contribution < -0.4 is 5.73 Å². The molecule has 2 rings (SSSR count). The van der Waals surface area contributed by atoms with E-state index in [1.165, 1.54) is 29.1 Å². The quantitative estimate of drug-likeness (QED) is 0.906. The Bertz CT molecular complexity index is 432. The van der Waals surface area contributed by atoms with E-state index in [2.05, 4.69) is 51.7 Å². The van der Waals surface area contributed by atoms with Gasteiger partial charge in [-0.15, -0.1) is 11.3 Å². The van der Waals surface area contributed by atoms with Crippen molar-refractivity contribution in [2.75, 3.05) is 13.1 Å². The number of likely N-dealkylation sites (tertiary alicyclic amines) is 1. The van der Waals surface area contributed by atoms with E-state index in [0.29, 0.717) is 12.1 Å². The number of hydrogen-bond donors (Lipinski definition) is 1. The maximum Gasteiger partial charge on any atom is 0.0566 e. The zero-order valence-corrected chi connectivity index (χ0v) is 14.5. The van der Waals surface area contributed by atoms with Gasteiger partial charge in [-0.05, 0) is 43.2 Å². The smallest absolute Gasteiger partial charge is 0.0566 e. The summed E-state index contributed by atoms with van der Waals surface area (Å²) in [6.45, 7) is 13.5. The van der Waals surface area contributed by atoms with Crippen molar-refractivity contribution in [3.05, 3.63) is 21.9 Å². The standard InChI is InChI=1S/C17H30N2S/c1-12-6-7-13(2)19(11-12)14(10-18)15-8-9-16(20-15)17(3,4)5/h8-9,12-14H,6-7,10-11,18H2,1-5H3. The van der Waals surface area contributed by atoms with Crippen LogP contribution >= 0.6 is 11.3 Å². The summed E-state index contributed by atoms with van der Waals surface area (Å²) in [4.78, 5) is 5.54. The molecule has 3 heteroatoms. The molecule has 1 aromatic rings. The van der Waals surface area contributed by atoms with Crippen LogP contribution in [0.1, 0.15) is 63.3 Å². The zero-order chi connectivity index (χ0) is 14.9. The zero-order valence-electron chi connectivity index (χ0n) is 13.6. The number of hydrogen-bond acceptors (Lipinski definition) is 3. The molecule has 114 valence electrons. The molecule has 0 saturated carbocycles. The molecule has 0 bridgehead atoms. The Kier molecular flexibility index (Phi) is 4.93. The van der Waals surface area contributed by atoms with Crippen LogP contribution in [-0.4, -0.2) is 24.0 Å². The monoisotopic (exact) mass is 294 g/mol. The normalized spacial score (nSPS) is 26.7. The molecule has 1 saturated heterocycles. The van der Waals surface area contributed by atoms with Gasteiger partial charge in [0.15, 0.2) is 0 Å². The third-order valence-corrected chi connectivity index (χ3v) is 6.10. The number of nitrogens with zero attached hydrogens (tertiary/aromatic N) is 1. The molecule has 0 aromatic carbocycles. The van der Waals surface area contributed by atoms with Crippen molar-refractivity contribution in [1.29, 1.82) is 0 Å². The lowest BCUT2D eigenvalue weighted by Gasteiger charge is -2.41. The van der Waals surface area contributed by atoms with Gasteiger partial charge in [-0.25, -0.2) is 0 Å². The van der Waals surface area contributed by atoms with Crippen LogP contribution in [0.2, 0.25) is 0 Å². The molecule has 20 heavy (non-hydrogen) atoms. The van der Waals surface area contributed by atoms with Crippen LogP contribution in [0.4, 0.5) is 0 Å². The molecule has 0 amide bonds. The predicted octanol–water partition coefficient (Wildman–Crippen LogP) is 4.17. The second kappa shape index (κ2) is 6.17. The molecular formula is C17H30N2S. The first kappa shape index (κ1) is 16.0. The van der Waals surface area contributed by atoms with Crippen molar-refractivity contribution in [2.24, 2.45) is 11.7 Å². The fourth-order valence-electron chi connectivity index (χ4n) is 3.11. The highest BCUT2D eigenvalue weighted by Crippen LogP contribution is 2.36. The molecule has 1 aromatic heterocycles. The van der Waals surface area contributed by atoms with E-state index in [0.717, 1.165) is 12.5 Å². The first-order valence-corrected chi connectivity index (χ1v) is 8.70. The molecule has 2 nitrogen and oxygen atoms in total. The van der Waals surface area contributed by atoms with Gasteiger partial charge in [-0.2, -0.15) is 0 Å². The number of thiophene rings is 1. The fourth-order valence-corrected chi connectivity index (χ4v) is 4.31. The summed E-state index contributed by atoms with van der Waals surface area (Å²) in [5.41, 5.74) is 6.37. The van der Waals surface area contributed by atoms with E-state index in [-0.39, 0.29) is 5.41 Å². The summed E-state index contributed by atoms with van der Waals surface area (Å²) in [6, 6.07) is 5.64. The summed E-state index contributed by atoms with van der Waals surface area (Å²) in [6.07, 6.45) is 2.65. The van der Waals surface area contributed by atoms with Crippen molar-refractivity contribution in [3.8, 4) is 0 Å². The molecule has 3 atom stereocenters. The average molecular weight is 295 g/mol. The highest BCUT2D eigenvalue weighted by atomic mass is 32.1. The van der Waals surface area contributed by atoms with Crippen molar-refractivity contribution < 1.29 is 0 Å². The fraction of sp³-hybridized carbons (Fsp3) is 0.765. The van der Waals surface area contributed by atoms with Gasteiger partial charge in [0.25, 0.3) is 0 Å². The van der Waals surface area contributed by atoms with E-state index in [1.807, 2.05) is 11.3 Å². The molecule has 0 aliphatic carbocycles. The second-order valence-corrected chi connectivity index (χ2v) is 8.55. The third kappa shape index (κ3) is 3.44. The first-order valence-electron chi connectivity index (χ1n) is 7.89. The Morgan fingerprint density at radius 3 is 2.55 bits per heavy atom. The van der Waals surface area contributed by atoms with Crippen LogP contribution in [-0.2, 0) is 5.41 Å². The molecular weight excluding hydrogens is 264 g/mol. The second-order valence-electron chi connectivity index (χ2n) is 7.43. The van der Waals surface area contributed by atoms with E-state index < -0.39 is 0 Å². The first-order chi connectivity index (χ1) is 9.32. The lowest BCUT2D eigenvalue weighted by Crippen LogP contribution is -2.45. The number of rotatable bonds is 3. The minimum atomic E-state index is 0.239. The molecule has 1 aliphatic rings. The third-order valence-electron chi connectivity index (χ3n) is 4.48. The Balaban J connectivity index is 2.21. The van der Waals surface area contributed by atoms with Crippen LogP contribution in [0.15, 0.2) is 12.1 Å². The Morgan fingerprint density at radius 1 is 1.30 bits per heavy atom. The van der Waals surface area contributed by atoms with Gasteiger partial charge in [0.1, 0.15) is 0 Å². The van der Waals surface area contributed by atoms with E-state index >= 15 is 0 Å². The average Bonchev–Trinajstić information content (AvgIpc) is 2.84. The highest BCUT2D eigenvalue weighted by Gasteiger charge is 2.30. The molecule has 0 spiro atoms. The maximum absolute atomic E-state index is 6.13. The van der Waals surface area contributed by atoms with Gasteiger partial charge < -0.3 is 5.73 Å². The molecule has 3 unspecified atom stereocenters. The summed E-state index contributed by atoms with van der Waals surface area (Å²) in [7, 11) is 0. The lowest BCUT2D eigenvalue weighted by atomic mass is 9.93. The van der Waals surface area contributed by atoms with Crippen LogP contribution in [0.3, 0.4) is 0 Å². The maximum atomic E-state index is 6.13. The van der Waals surface area contributed by atoms with E-state index in [4.69, 9.17) is 5.73 Å². The molecule has 0 radical (unpaired) electrons. The lowest BCUT2D eigenvalue weighted by molar-refractivity contribution is 0.0814. The van der Waals surface area contributed by atoms with Crippen molar-refractivity contribution in [1.82, 2.24) is 4.90 Å². The summed E-state index contributed by atoms with van der Waals surface area (Å²) < 4.78 is 0. The highest BCUT2D eigenvalue weighted by molar-refractivity contribution is 7.12. The topological polar surface area (TPSA) is 29.3 Å². The van der Waals surface area contributed by atoms with Crippen molar-refractivity contribution in [3.63, 3.8) is 0 Å². The minimum absolute atomic E-state index is 0.239. The van der Waals surface area contributed by atoms with E-state index in [9.17, 15) is 0 Å².